The predicted molar refractivity (Wildman–Crippen MR) is 115 cm³/mol. The van der Waals surface area contributed by atoms with Crippen LogP contribution in [0.15, 0.2) is 57.9 Å². The predicted octanol–water partition coefficient (Wildman–Crippen LogP) is 4.80. The number of halogens is 1. The number of amides is 1. The average molecular weight is 465 g/mol. The minimum Gasteiger partial charge on any atom is -0.349 e. The topological polar surface area (TPSA) is 75.3 Å². The van der Waals surface area contributed by atoms with Gasteiger partial charge in [0.15, 0.2) is 0 Å². The molecular weight excluding hydrogens is 440 g/mol. The lowest BCUT2D eigenvalue weighted by molar-refractivity contribution is 0.0891. The molecule has 1 fully saturated rings. The smallest absolute Gasteiger partial charge is 0.261 e. The van der Waals surface area contributed by atoms with Gasteiger partial charge in [0.25, 0.3) is 15.9 Å². The summed E-state index contributed by atoms with van der Waals surface area (Å²) in [5.74, 6) is 0.843. The summed E-state index contributed by atoms with van der Waals surface area (Å²) in [6.07, 6.45) is 3.29. The van der Waals surface area contributed by atoms with E-state index in [1.54, 1.807) is 36.4 Å². The highest BCUT2D eigenvalue weighted by atomic mass is 79.9. The van der Waals surface area contributed by atoms with E-state index in [4.69, 9.17) is 0 Å². The Morgan fingerprint density at radius 3 is 2.50 bits per heavy atom. The molecular formula is C21H25BrN2O3S. The van der Waals surface area contributed by atoms with Crippen LogP contribution in [-0.4, -0.2) is 20.4 Å². The van der Waals surface area contributed by atoms with Crippen LogP contribution in [0.25, 0.3) is 0 Å². The second kappa shape index (κ2) is 8.66. The van der Waals surface area contributed by atoms with E-state index >= 15 is 0 Å². The molecule has 0 saturated heterocycles. The molecule has 5 nitrogen and oxygen atoms in total. The molecule has 0 aliphatic heterocycles. The van der Waals surface area contributed by atoms with Crippen LogP contribution in [0.2, 0.25) is 0 Å². The number of anilines is 1. The van der Waals surface area contributed by atoms with Gasteiger partial charge in [-0.15, -0.1) is 0 Å². The highest BCUT2D eigenvalue weighted by Gasteiger charge is 2.28. The third-order valence-electron chi connectivity index (χ3n) is 5.52. The van der Waals surface area contributed by atoms with E-state index in [0.717, 1.165) is 17.3 Å². The molecule has 3 atom stereocenters. The van der Waals surface area contributed by atoms with Crippen LogP contribution in [0, 0.1) is 11.8 Å². The van der Waals surface area contributed by atoms with Gasteiger partial charge in [-0.1, -0.05) is 48.7 Å². The van der Waals surface area contributed by atoms with Crippen molar-refractivity contribution >= 4 is 37.5 Å². The van der Waals surface area contributed by atoms with Crippen molar-refractivity contribution in [2.24, 2.45) is 11.8 Å². The van der Waals surface area contributed by atoms with Crippen LogP contribution >= 0.6 is 15.9 Å². The van der Waals surface area contributed by atoms with Crippen LogP contribution in [-0.2, 0) is 10.0 Å². The standard InChI is InChI=1S/C21H25BrN2O3S/c1-14-5-3-8-20(15(14)2)23-21(25)16-6-4-7-18(13-16)24-28(26,27)19-11-9-17(22)10-12-19/h4,6-7,9-15,20,24H,3,5,8H2,1-2H3,(H,23,25). The summed E-state index contributed by atoms with van der Waals surface area (Å²) in [4.78, 5) is 12.9. The largest absolute Gasteiger partial charge is 0.349 e. The molecule has 1 aliphatic carbocycles. The van der Waals surface area contributed by atoms with Gasteiger partial charge in [-0.3, -0.25) is 9.52 Å². The molecule has 1 amide bonds. The molecule has 0 radical (unpaired) electrons. The van der Waals surface area contributed by atoms with E-state index in [2.05, 4.69) is 39.8 Å². The fraction of sp³-hybridized carbons (Fsp3) is 0.381. The Morgan fingerprint density at radius 2 is 1.79 bits per heavy atom. The van der Waals surface area contributed by atoms with Crippen LogP contribution in [0.4, 0.5) is 5.69 Å². The fourth-order valence-electron chi connectivity index (χ4n) is 3.59. The number of hydrogen-bond acceptors (Lipinski definition) is 3. The van der Waals surface area contributed by atoms with E-state index in [1.165, 1.54) is 18.6 Å². The lowest BCUT2D eigenvalue weighted by Gasteiger charge is -2.34. The third-order valence-corrected chi connectivity index (χ3v) is 7.45. The molecule has 0 heterocycles. The maximum Gasteiger partial charge on any atom is 0.261 e. The van der Waals surface area contributed by atoms with Crippen molar-refractivity contribution in [2.45, 2.75) is 44.0 Å². The van der Waals surface area contributed by atoms with Gasteiger partial charge in [0.2, 0.25) is 0 Å². The Hall–Kier alpha value is -1.86. The van der Waals surface area contributed by atoms with Crippen molar-refractivity contribution in [3.05, 3.63) is 58.6 Å². The van der Waals surface area contributed by atoms with Crippen LogP contribution in [0.5, 0.6) is 0 Å². The van der Waals surface area contributed by atoms with Gasteiger partial charge in [-0.2, -0.15) is 0 Å². The van der Waals surface area contributed by atoms with Crippen molar-refractivity contribution in [1.82, 2.24) is 5.32 Å². The number of hydrogen-bond donors (Lipinski definition) is 2. The molecule has 0 aromatic heterocycles. The molecule has 0 spiro atoms. The Labute approximate surface area is 175 Å². The zero-order valence-electron chi connectivity index (χ0n) is 16.0. The van der Waals surface area contributed by atoms with Crippen molar-refractivity contribution in [2.75, 3.05) is 4.72 Å². The molecule has 1 aliphatic rings. The first-order valence-electron chi connectivity index (χ1n) is 9.45. The SMILES string of the molecule is CC1CCCC(NC(=O)c2cccc(NS(=O)(=O)c3ccc(Br)cc3)c2)C1C. The molecule has 2 aromatic rings. The molecule has 0 bridgehead atoms. The van der Waals surface area contributed by atoms with Crippen LogP contribution in [0.3, 0.4) is 0 Å². The van der Waals surface area contributed by atoms with Gasteiger partial charge in [0, 0.05) is 21.8 Å². The lowest BCUT2D eigenvalue weighted by Crippen LogP contribution is -2.43. The number of rotatable bonds is 5. The van der Waals surface area contributed by atoms with Crippen molar-refractivity contribution < 1.29 is 13.2 Å². The Balaban J connectivity index is 1.73. The van der Waals surface area contributed by atoms with E-state index in [1.807, 2.05) is 0 Å². The minimum absolute atomic E-state index is 0.152. The Kier molecular flexibility index (Phi) is 6.45. The quantitative estimate of drug-likeness (QED) is 0.666. The molecule has 28 heavy (non-hydrogen) atoms. The minimum atomic E-state index is -3.72. The van der Waals surface area contributed by atoms with Gasteiger partial charge in [0.05, 0.1) is 4.90 Å². The highest BCUT2D eigenvalue weighted by molar-refractivity contribution is 9.10. The normalized spacial score (nSPS) is 22.5. The zero-order chi connectivity index (χ0) is 20.3. The van der Waals surface area contributed by atoms with Crippen molar-refractivity contribution in [3.8, 4) is 0 Å². The number of nitrogens with one attached hydrogen (secondary N) is 2. The monoisotopic (exact) mass is 464 g/mol. The first-order chi connectivity index (χ1) is 13.3. The fourth-order valence-corrected chi connectivity index (χ4v) is 4.90. The van der Waals surface area contributed by atoms with E-state index in [-0.39, 0.29) is 16.8 Å². The molecule has 1 saturated carbocycles. The van der Waals surface area contributed by atoms with Gasteiger partial charge in [-0.25, -0.2) is 8.42 Å². The first kappa shape index (κ1) is 20.9. The van der Waals surface area contributed by atoms with Gasteiger partial charge in [0.1, 0.15) is 0 Å². The maximum atomic E-state index is 12.7. The molecule has 2 aromatic carbocycles. The number of sulfonamides is 1. The Morgan fingerprint density at radius 1 is 1.07 bits per heavy atom. The second-order valence-corrected chi connectivity index (χ2v) is 10.1. The lowest BCUT2D eigenvalue weighted by atomic mass is 9.78. The summed E-state index contributed by atoms with van der Waals surface area (Å²) < 4.78 is 28.5. The summed E-state index contributed by atoms with van der Waals surface area (Å²) in [6, 6.07) is 13.1. The molecule has 2 N–H and O–H groups in total. The van der Waals surface area contributed by atoms with Crippen LogP contribution < -0.4 is 10.0 Å². The first-order valence-corrected chi connectivity index (χ1v) is 11.7. The summed E-state index contributed by atoms with van der Waals surface area (Å²) in [7, 11) is -3.72. The number of carbonyl (C=O) groups excluding carboxylic acids is 1. The summed E-state index contributed by atoms with van der Waals surface area (Å²) in [6.45, 7) is 4.40. The van der Waals surface area contributed by atoms with E-state index in [9.17, 15) is 13.2 Å². The van der Waals surface area contributed by atoms with Gasteiger partial charge >= 0.3 is 0 Å². The average Bonchev–Trinajstić information content (AvgIpc) is 2.65. The highest BCUT2D eigenvalue weighted by Crippen LogP contribution is 2.29. The Bertz CT molecular complexity index is 944. The summed E-state index contributed by atoms with van der Waals surface area (Å²) in [5.41, 5.74) is 0.807. The summed E-state index contributed by atoms with van der Waals surface area (Å²) >= 11 is 3.29. The van der Waals surface area contributed by atoms with Gasteiger partial charge in [-0.05, 0) is 60.7 Å². The number of carbonyl (C=O) groups is 1. The van der Waals surface area contributed by atoms with E-state index in [0.29, 0.717) is 23.1 Å². The third kappa shape index (κ3) is 4.94. The second-order valence-electron chi connectivity index (χ2n) is 7.49. The summed E-state index contributed by atoms with van der Waals surface area (Å²) in [5, 5.41) is 3.12. The molecule has 7 heteroatoms. The van der Waals surface area contributed by atoms with Crippen LogP contribution in [0.1, 0.15) is 43.5 Å². The van der Waals surface area contributed by atoms with Gasteiger partial charge < -0.3 is 5.32 Å². The van der Waals surface area contributed by atoms with Crippen molar-refractivity contribution in [3.63, 3.8) is 0 Å². The zero-order valence-corrected chi connectivity index (χ0v) is 18.4. The molecule has 150 valence electrons. The van der Waals surface area contributed by atoms with E-state index < -0.39 is 10.0 Å². The molecule has 3 unspecified atom stereocenters. The molecule has 3 rings (SSSR count). The maximum absolute atomic E-state index is 12.7. The van der Waals surface area contributed by atoms with Crippen molar-refractivity contribution in [1.29, 1.82) is 0 Å². The number of benzene rings is 2.